The summed E-state index contributed by atoms with van der Waals surface area (Å²) in [5.74, 6) is 0. The number of aromatic nitrogens is 2. The molecule has 0 radical (unpaired) electrons. The lowest BCUT2D eigenvalue weighted by Crippen LogP contribution is -1.87. The van der Waals surface area contributed by atoms with Crippen molar-refractivity contribution in [2.45, 2.75) is 0 Å². The Morgan fingerprint density at radius 3 is 1.74 bits per heavy atom. The third kappa shape index (κ3) is 4.06. The summed E-state index contributed by atoms with van der Waals surface area (Å²) in [5, 5.41) is 8.01. The second-order valence-electron chi connectivity index (χ2n) is 12.9. The molecule has 0 aliphatic carbocycles. The lowest BCUT2D eigenvalue weighted by molar-refractivity contribution is 0.655. The van der Waals surface area contributed by atoms with Gasteiger partial charge in [0.25, 0.3) is 0 Å². The molecule has 232 valence electrons. The first-order chi connectivity index (χ1) is 24.7. The van der Waals surface area contributed by atoms with Crippen LogP contribution >= 0.6 is 0 Å². The van der Waals surface area contributed by atoms with E-state index < -0.39 is 0 Å². The zero-order valence-corrected chi connectivity index (χ0v) is 26.7. The zero-order chi connectivity index (χ0) is 32.8. The van der Waals surface area contributed by atoms with Crippen molar-refractivity contribution < 1.29 is 8.83 Å². The van der Waals surface area contributed by atoms with E-state index in [1.807, 2.05) is 12.1 Å². The molecule has 4 nitrogen and oxygen atoms in total. The second kappa shape index (κ2) is 10.4. The SMILES string of the molecule is c1cc(-c2cccc(-c3cccc4c3oc3ccc5ccccc5c34)c2)cc(-c2ccc3nc4c(nc3c2)oc2ccc3ccccc3c24)c1. The highest BCUT2D eigenvalue weighted by Crippen LogP contribution is 2.40. The zero-order valence-electron chi connectivity index (χ0n) is 26.7. The van der Waals surface area contributed by atoms with Crippen LogP contribution in [0.4, 0.5) is 0 Å². The Balaban J connectivity index is 0.992. The number of furan rings is 2. The molecule has 0 N–H and O–H groups in total. The maximum Gasteiger partial charge on any atom is 0.246 e. The first-order valence-electron chi connectivity index (χ1n) is 16.8. The van der Waals surface area contributed by atoms with Crippen LogP contribution in [0.1, 0.15) is 0 Å². The van der Waals surface area contributed by atoms with Gasteiger partial charge in [-0.25, -0.2) is 9.97 Å². The molecule has 0 saturated carbocycles. The molecule has 0 amide bonds. The Kier molecular flexibility index (Phi) is 5.63. The molecule has 0 spiro atoms. The van der Waals surface area contributed by atoms with Crippen molar-refractivity contribution in [1.29, 1.82) is 0 Å². The highest BCUT2D eigenvalue weighted by Gasteiger charge is 2.17. The fourth-order valence-corrected chi connectivity index (χ4v) is 7.68. The fraction of sp³-hybridized carbons (Fsp3) is 0. The summed E-state index contributed by atoms with van der Waals surface area (Å²) in [4.78, 5) is 9.99. The van der Waals surface area contributed by atoms with Gasteiger partial charge in [-0.2, -0.15) is 0 Å². The molecule has 11 rings (SSSR count). The summed E-state index contributed by atoms with van der Waals surface area (Å²) in [5.41, 5.74) is 12.3. The number of fused-ring (bicyclic) bond motifs is 11. The van der Waals surface area contributed by atoms with Crippen molar-refractivity contribution >= 4 is 76.7 Å². The van der Waals surface area contributed by atoms with E-state index in [0.717, 1.165) is 88.2 Å². The van der Waals surface area contributed by atoms with Crippen LogP contribution in [0.25, 0.3) is 110 Å². The molecule has 3 aromatic heterocycles. The highest BCUT2D eigenvalue weighted by molar-refractivity contribution is 6.21. The van der Waals surface area contributed by atoms with Crippen LogP contribution in [0, 0.1) is 0 Å². The number of nitrogens with zero attached hydrogens (tertiary/aromatic N) is 2. The van der Waals surface area contributed by atoms with E-state index in [2.05, 4.69) is 146 Å². The van der Waals surface area contributed by atoms with Crippen LogP contribution in [-0.4, -0.2) is 9.97 Å². The summed E-state index contributed by atoms with van der Waals surface area (Å²) < 4.78 is 12.8. The second-order valence-corrected chi connectivity index (χ2v) is 12.9. The largest absolute Gasteiger partial charge is 0.455 e. The molecule has 0 fully saturated rings. The Morgan fingerprint density at radius 1 is 0.380 bits per heavy atom. The van der Waals surface area contributed by atoms with Crippen LogP contribution < -0.4 is 0 Å². The third-order valence-corrected chi connectivity index (χ3v) is 10.1. The smallest absolute Gasteiger partial charge is 0.246 e. The molecule has 0 atom stereocenters. The number of benzene rings is 8. The lowest BCUT2D eigenvalue weighted by atomic mass is 9.95. The van der Waals surface area contributed by atoms with E-state index in [-0.39, 0.29) is 0 Å². The maximum absolute atomic E-state index is 6.55. The summed E-state index contributed by atoms with van der Waals surface area (Å²) in [6.45, 7) is 0. The van der Waals surface area contributed by atoms with Gasteiger partial charge in [-0.3, -0.25) is 0 Å². The summed E-state index contributed by atoms with van der Waals surface area (Å²) >= 11 is 0. The van der Waals surface area contributed by atoms with Crippen LogP contribution in [0.5, 0.6) is 0 Å². The van der Waals surface area contributed by atoms with Crippen LogP contribution in [0.3, 0.4) is 0 Å². The molecular weight excluding hydrogens is 613 g/mol. The molecule has 8 aromatic carbocycles. The molecule has 50 heavy (non-hydrogen) atoms. The topological polar surface area (TPSA) is 52.1 Å². The third-order valence-electron chi connectivity index (χ3n) is 10.1. The van der Waals surface area contributed by atoms with E-state index in [4.69, 9.17) is 18.8 Å². The van der Waals surface area contributed by atoms with Crippen molar-refractivity contribution in [1.82, 2.24) is 9.97 Å². The number of hydrogen-bond donors (Lipinski definition) is 0. The lowest BCUT2D eigenvalue weighted by Gasteiger charge is -2.09. The Bertz CT molecular complexity index is 3170. The number of rotatable bonds is 3. The summed E-state index contributed by atoms with van der Waals surface area (Å²) in [6, 6.07) is 55.3. The van der Waals surface area contributed by atoms with Gasteiger partial charge in [-0.1, -0.05) is 121 Å². The van der Waals surface area contributed by atoms with Crippen LogP contribution in [-0.2, 0) is 0 Å². The molecular formula is C46H26N2O2. The van der Waals surface area contributed by atoms with Gasteiger partial charge < -0.3 is 8.83 Å². The Labute approximate surface area is 285 Å². The minimum Gasteiger partial charge on any atom is -0.455 e. The monoisotopic (exact) mass is 638 g/mol. The maximum atomic E-state index is 6.55. The van der Waals surface area contributed by atoms with Gasteiger partial charge in [0.05, 0.1) is 16.4 Å². The van der Waals surface area contributed by atoms with Gasteiger partial charge in [0.15, 0.2) is 0 Å². The number of hydrogen-bond acceptors (Lipinski definition) is 4. The first kappa shape index (κ1) is 27.2. The first-order valence-corrected chi connectivity index (χ1v) is 16.8. The fourth-order valence-electron chi connectivity index (χ4n) is 7.68. The van der Waals surface area contributed by atoms with E-state index >= 15 is 0 Å². The summed E-state index contributed by atoms with van der Waals surface area (Å²) in [7, 11) is 0. The minimum atomic E-state index is 0.555. The predicted molar refractivity (Wildman–Crippen MR) is 205 cm³/mol. The Morgan fingerprint density at radius 2 is 0.980 bits per heavy atom. The molecule has 4 heteroatoms. The van der Waals surface area contributed by atoms with Gasteiger partial charge in [-0.05, 0) is 85.8 Å². The van der Waals surface area contributed by atoms with Gasteiger partial charge in [0, 0.05) is 16.3 Å². The quantitative estimate of drug-likeness (QED) is 0.193. The average molecular weight is 639 g/mol. The van der Waals surface area contributed by atoms with Crippen LogP contribution in [0.2, 0.25) is 0 Å². The average Bonchev–Trinajstić information content (AvgIpc) is 3.75. The van der Waals surface area contributed by atoms with Crippen molar-refractivity contribution in [3.8, 4) is 33.4 Å². The van der Waals surface area contributed by atoms with E-state index in [9.17, 15) is 0 Å². The predicted octanol–water partition coefficient (Wildman–Crippen LogP) is 12.7. The summed E-state index contributed by atoms with van der Waals surface area (Å²) in [6.07, 6.45) is 0. The van der Waals surface area contributed by atoms with E-state index in [1.54, 1.807) is 0 Å². The van der Waals surface area contributed by atoms with Gasteiger partial charge in [0.1, 0.15) is 22.3 Å². The number of para-hydroxylation sites is 1. The van der Waals surface area contributed by atoms with Crippen molar-refractivity contribution in [3.63, 3.8) is 0 Å². The minimum absolute atomic E-state index is 0.555. The van der Waals surface area contributed by atoms with E-state index in [0.29, 0.717) is 5.71 Å². The molecule has 0 saturated heterocycles. The standard InChI is InChI=1S/C46H26N2O2/c1-3-14-34-27(8-1)19-22-40-42(34)37-17-7-16-36(45(37)49-40)33-13-6-12-31(25-33)29-10-5-11-30(24-29)32-18-21-38-39(26-32)48-46-44(47-38)43-35-15-4-2-9-28(35)20-23-41(43)50-46/h1-26H. The van der Waals surface area contributed by atoms with Crippen molar-refractivity contribution in [2.24, 2.45) is 0 Å². The molecule has 0 aliphatic rings. The molecule has 0 aliphatic heterocycles. The molecule has 0 unspecified atom stereocenters. The van der Waals surface area contributed by atoms with E-state index in [1.165, 1.54) is 16.2 Å². The highest BCUT2D eigenvalue weighted by atomic mass is 16.3. The van der Waals surface area contributed by atoms with Crippen LogP contribution in [0.15, 0.2) is 167 Å². The van der Waals surface area contributed by atoms with Crippen molar-refractivity contribution in [2.75, 3.05) is 0 Å². The van der Waals surface area contributed by atoms with Gasteiger partial charge in [0.2, 0.25) is 5.71 Å². The molecule has 0 bridgehead atoms. The normalized spacial score (nSPS) is 12.0. The van der Waals surface area contributed by atoms with Gasteiger partial charge in [-0.15, -0.1) is 0 Å². The molecule has 11 aromatic rings. The van der Waals surface area contributed by atoms with Crippen molar-refractivity contribution in [3.05, 3.63) is 158 Å². The Hall–Kier alpha value is -6.78. The molecule has 3 heterocycles. The van der Waals surface area contributed by atoms with Gasteiger partial charge >= 0.3 is 0 Å².